The molecule has 0 amide bonds. The summed E-state index contributed by atoms with van der Waals surface area (Å²) in [7, 11) is 0. The molecule has 0 aromatic carbocycles. The van der Waals surface area contributed by atoms with E-state index >= 15 is 0 Å². The first-order valence-electron chi connectivity index (χ1n) is 5.06. The van der Waals surface area contributed by atoms with Gasteiger partial charge in [0.15, 0.2) is 0 Å². The molecule has 0 unspecified atom stereocenters. The lowest BCUT2D eigenvalue weighted by Crippen LogP contribution is -2.24. The van der Waals surface area contributed by atoms with Gasteiger partial charge in [0.1, 0.15) is 11.7 Å². The first-order valence-corrected chi connectivity index (χ1v) is 5.94. The SMILES string of the molecule is C[C@](O)(C#C[C@@H](O)c1cccs1)C1CC1. The van der Waals surface area contributed by atoms with Crippen LogP contribution in [0.25, 0.3) is 0 Å². The number of hydrogen-bond acceptors (Lipinski definition) is 3. The molecule has 0 saturated heterocycles. The number of rotatable bonds is 2. The molecule has 0 bridgehead atoms. The second kappa shape index (κ2) is 3.97. The van der Waals surface area contributed by atoms with E-state index in [4.69, 9.17) is 0 Å². The van der Waals surface area contributed by atoms with Crippen LogP contribution in [0.4, 0.5) is 0 Å². The predicted molar refractivity (Wildman–Crippen MR) is 60.4 cm³/mol. The highest BCUT2D eigenvalue weighted by molar-refractivity contribution is 7.10. The highest BCUT2D eigenvalue weighted by Crippen LogP contribution is 2.39. The summed E-state index contributed by atoms with van der Waals surface area (Å²) in [4.78, 5) is 0.828. The molecule has 1 fully saturated rings. The van der Waals surface area contributed by atoms with Crippen molar-refractivity contribution in [2.45, 2.75) is 31.5 Å². The van der Waals surface area contributed by atoms with E-state index in [9.17, 15) is 10.2 Å². The van der Waals surface area contributed by atoms with Crippen LogP contribution in [0.3, 0.4) is 0 Å². The van der Waals surface area contributed by atoms with Crippen molar-refractivity contribution in [1.82, 2.24) is 0 Å². The predicted octanol–water partition coefficient (Wildman–Crippen LogP) is 1.95. The molecule has 2 atom stereocenters. The second-order valence-electron chi connectivity index (χ2n) is 4.11. The third kappa shape index (κ3) is 2.60. The zero-order valence-electron chi connectivity index (χ0n) is 8.60. The highest BCUT2D eigenvalue weighted by atomic mass is 32.1. The van der Waals surface area contributed by atoms with Crippen molar-refractivity contribution >= 4 is 11.3 Å². The van der Waals surface area contributed by atoms with Gasteiger partial charge in [-0.15, -0.1) is 11.3 Å². The van der Waals surface area contributed by atoms with Crippen molar-refractivity contribution in [1.29, 1.82) is 0 Å². The van der Waals surface area contributed by atoms with Crippen molar-refractivity contribution in [3.8, 4) is 11.8 Å². The van der Waals surface area contributed by atoms with E-state index in [0.717, 1.165) is 17.7 Å². The average Bonchev–Trinajstić information content (AvgIpc) is 2.92. The van der Waals surface area contributed by atoms with Crippen LogP contribution in [-0.2, 0) is 0 Å². The van der Waals surface area contributed by atoms with Crippen LogP contribution in [0.5, 0.6) is 0 Å². The first-order chi connectivity index (χ1) is 7.09. The van der Waals surface area contributed by atoms with Gasteiger partial charge < -0.3 is 10.2 Å². The van der Waals surface area contributed by atoms with Crippen LogP contribution < -0.4 is 0 Å². The van der Waals surface area contributed by atoms with Crippen molar-refractivity contribution in [3.05, 3.63) is 22.4 Å². The smallest absolute Gasteiger partial charge is 0.149 e. The standard InChI is InChI=1S/C12H14O2S/c1-12(14,9-4-5-9)7-6-10(13)11-3-2-8-15-11/h2-3,8-10,13-14H,4-5H2,1H3/t10-,12+/m1/s1. The molecule has 80 valence electrons. The molecule has 0 radical (unpaired) electrons. The molecule has 0 spiro atoms. The number of aliphatic hydroxyl groups excluding tert-OH is 1. The third-order valence-corrected chi connectivity index (χ3v) is 3.57. The second-order valence-corrected chi connectivity index (χ2v) is 5.09. The molecular formula is C12H14O2S. The van der Waals surface area contributed by atoms with Crippen LogP contribution >= 0.6 is 11.3 Å². The minimum atomic E-state index is -0.932. The molecule has 15 heavy (non-hydrogen) atoms. The number of thiophene rings is 1. The van der Waals surface area contributed by atoms with E-state index in [1.165, 1.54) is 11.3 Å². The van der Waals surface area contributed by atoms with Gasteiger partial charge >= 0.3 is 0 Å². The summed E-state index contributed by atoms with van der Waals surface area (Å²) in [5.41, 5.74) is -0.932. The minimum absolute atomic E-state index is 0.292. The number of aliphatic hydroxyl groups is 2. The third-order valence-electron chi connectivity index (χ3n) is 2.65. The molecule has 0 aliphatic heterocycles. The molecule has 1 saturated carbocycles. The Morgan fingerprint density at radius 2 is 2.33 bits per heavy atom. The average molecular weight is 222 g/mol. The van der Waals surface area contributed by atoms with Gasteiger partial charge in [0.2, 0.25) is 0 Å². The molecular weight excluding hydrogens is 208 g/mol. The lowest BCUT2D eigenvalue weighted by atomic mass is 10.0. The molecule has 1 aliphatic carbocycles. The lowest BCUT2D eigenvalue weighted by molar-refractivity contribution is 0.0972. The summed E-state index contributed by atoms with van der Waals surface area (Å²) in [5, 5.41) is 21.5. The zero-order valence-corrected chi connectivity index (χ0v) is 9.42. The van der Waals surface area contributed by atoms with Gasteiger partial charge in [-0.25, -0.2) is 0 Å². The van der Waals surface area contributed by atoms with Gasteiger partial charge in [0.25, 0.3) is 0 Å². The van der Waals surface area contributed by atoms with Crippen LogP contribution in [0, 0.1) is 17.8 Å². The fourth-order valence-corrected chi connectivity index (χ4v) is 2.14. The molecule has 1 aliphatic rings. The largest absolute Gasteiger partial charge is 0.378 e. The summed E-state index contributed by atoms with van der Waals surface area (Å²) in [6, 6.07) is 3.72. The highest BCUT2D eigenvalue weighted by Gasteiger charge is 2.38. The molecule has 1 aromatic rings. The van der Waals surface area contributed by atoms with E-state index in [1.54, 1.807) is 6.92 Å². The topological polar surface area (TPSA) is 40.5 Å². The van der Waals surface area contributed by atoms with E-state index < -0.39 is 11.7 Å². The van der Waals surface area contributed by atoms with Gasteiger partial charge in [-0.05, 0) is 37.1 Å². The lowest BCUT2D eigenvalue weighted by Gasteiger charge is -2.14. The van der Waals surface area contributed by atoms with Crippen molar-refractivity contribution in [2.75, 3.05) is 0 Å². The van der Waals surface area contributed by atoms with Gasteiger partial charge in [-0.3, -0.25) is 0 Å². The Balaban J connectivity index is 2.04. The van der Waals surface area contributed by atoms with Crippen molar-refractivity contribution in [2.24, 2.45) is 5.92 Å². The maximum absolute atomic E-state index is 9.92. The molecule has 2 rings (SSSR count). The van der Waals surface area contributed by atoms with Crippen molar-refractivity contribution < 1.29 is 10.2 Å². The Bertz CT molecular complexity index is 379. The summed E-state index contributed by atoms with van der Waals surface area (Å²) in [6.07, 6.45) is 1.31. The summed E-state index contributed by atoms with van der Waals surface area (Å²) >= 11 is 1.47. The molecule has 3 heteroatoms. The van der Waals surface area contributed by atoms with Gasteiger partial charge in [0, 0.05) is 4.88 Å². The zero-order chi connectivity index (χ0) is 10.9. The Kier molecular flexibility index (Phi) is 2.83. The first kappa shape index (κ1) is 10.7. The van der Waals surface area contributed by atoms with Crippen LogP contribution in [0.15, 0.2) is 17.5 Å². The van der Waals surface area contributed by atoms with Gasteiger partial charge in [0.05, 0.1) is 0 Å². The number of hydrogen-bond donors (Lipinski definition) is 2. The summed E-state index contributed by atoms with van der Waals surface area (Å²) < 4.78 is 0. The van der Waals surface area contributed by atoms with E-state index in [-0.39, 0.29) is 0 Å². The van der Waals surface area contributed by atoms with E-state index in [2.05, 4.69) is 11.8 Å². The quantitative estimate of drug-likeness (QED) is 0.751. The van der Waals surface area contributed by atoms with E-state index in [0.29, 0.717) is 5.92 Å². The molecule has 1 heterocycles. The minimum Gasteiger partial charge on any atom is -0.378 e. The van der Waals surface area contributed by atoms with Gasteiger partial charge in [-0.1, -0.05) is 17.9 Å². The monoisotopic (exact) mass is 222 g/mol. The van der Waals surface area contributed by atoms with Crippen LogP contribution in [0.2, 0.25) is 0 Å². The molecule has 1 aromatic heterocycles. The Labute approximate surface area is 93.6 Å². The van der Waals surface area contributed by atoms with Crippen LogP contribution in [0.1, 0.15) is 30.7 Å². The van der Waals surface area contributed by atoms with Crippen LogP contribution in [-0.4, -0.2) is 15.8 Å². The summed E-state index contributed by atoms with van der Waals surface area (Å²) in [6.45, 7) is 1.72. The summed E-state index contributed by atoms with van der Waals surface area (Å²) in [5.74, 6) is 5.78. The Morgan fingerprint density at radius 1 is 1.60 bits per heavy atom. The fourth-order valence-electron chi connectivity index (χ4n) is 1.48. The fraction of sp³-hybridized carbons (Fsp3) is 0.500. The normalized spacial score (nSPS) is 21.3. The van der Waals surface area contributed by atoms with E-state index in [1.807, 2.05) is 17.5 Å². The maximum Gasteiger partial charge on any atom is 0.149 e. The Morgan fingerprint density at radius 3 is 2.87 bits per heavy atom. The maximum atomic E-state index is 9.92. The molecule has 2 N–H and O–H groups in total. The Hall–Kier alpha value is -0.820. The van der Waals surface area contributed by atoms with Gasteiger partial charge in [-0.2, -0.15) is 0 Å². The molecule has 2 nitrogen and oxygen atoms in total. The van der Waals surface area contributed by atoms with Crippen molar-refractivity contribution in [3.63, 3.8) is 0 Å².